The summed E-state index contributed by atoms with van der Waals surface area (Å²) in [7, 11) is -1.97. The number of fused-ring (bicyclic) bond motifs is 1. The van der Waals surface area contributed by atoms with Crippen LogP contribution in [0.4, 0.5) is 5.82 Å². The Bertz CT molecular complexity index is 1080. The summed E-state index contributed by atoms with van der Waals surface area (Å²) < 4.78 is 32.4. The van der Waals surface area contributed by atoms with Crippen molar-refractivity contribution in [2.24, 2.45) is 0 Å². The highest BCUT2D eigenvalue weighted by atomic mass is 127. The monoisotopic (exact) mass is 486 g/mol. The molecule has 3 heterocycles. The van der Waals surface area contributed by atoms with Crippen LogP contribution in [0.1, 0.15) is 17.3 Å². The lowest BCUT2D eigenvalue weighted by Crippen LogP contribution is -2.18. The fourth-order valence-electron chi connectivity index (χ4n) is 2.32. The predicted molar refractivity (Wildman–Crippen MR) is 106 cm³/mol. The van der Waals surface area contributed by atoms with Crippen molar-refractivity contribution in [3.05, 3.63) is 39.6 Å². The molecular formula is C16H15IN4O4S. The number of nitrogens with zero attached hydrogens (tertiary/aromatic N) is 2. The smallest absolute Gasteiger partial charge is 0.255 e. The molecule has 26 heavy (non-hydrogen) atoms. The molecule has 0 aliphatic carbocycles. The Kier molecular flexibility index (Phi) is 5.14. The molecule has 0 aliphatic heterocycles. The summed E-state index contributed by atoms with van der Waals surface area (Å²) in [5, 5.41) is 3.06. The third kappa shape index (κ3) is 3.51. The molecular weight excluding hydrogens is 471 g/mol. The molecule has 3 aromatic rings. The number of carbonyl (C=O) groups excluding carboxylic acids is 1. The van der Waals surface area contributed by atoms with Gasteiger partial charge in [-0.25, -0.2) is 8.42 Å². The SMILES string of the molecule is CCS(=O)(=O)Nc1nc2oc(-c3ccccn3)c(C(=O)NC)c2cc1I. The molecule has 0 saturated heterocycles. The highest BCUT2D eigenvalue weighted by Crippen LogP contribution is 2.34. The van der Waals surface area contributed by atoms with E-state index in [1.165, 1.54) is 14.0 Å². The van der Waals surface area contributed by atoms with Crippen LogP contribution in [0.2, 0.25) is 0 Å². The minimum Gasteiger partial charge on any atom is -0.435 e. The maximum atomic E-state index is 12.4. The molecule has 136 valence electrons. The molecule has 0 atom stereocenters. The normalized spacial score (nSPS) is 11.5. The van der Waals surface area contributed by atoms with E-state index in [1.807, 2.05) is 22.6 Å². The van der Waals surface area contributed by atoms with Crippen molar-refractivity contribution in [2.75, 3.05) is 17.5 Å². The van der Waals surface area contributed by atoms with Crippen molar-refractivity contribution in [3.63, 3.8) is 0 Å². The molecule has 0 aromatic carbocycles. The van der Waals surface area contributed by atoms with Crippen LogP contribution >= 0.6 is 22.6 Å². The van der Waals surface area contributed by atoms with Crippen LogP contribution in [0, 0.1) is 3.57 Å². The first-order valence-corrected chi connectivity index (χ1v) is 10.4. The first-order valence-electron chi connectivity index (χ1n) is 7.63. The molecule has 0 spiro atoms. The highest BCUT2D eigenvalue weighted by Gasteiger charge is 2.24. The van der Waals surface area contributed by atoms with E-state index >= 15 is 0 Å². The quantitative estimate of drug-likeness (QED) is 0.536. The Morgan fingerprint density at radius 2 is 2.12 bits per heavy atom. The standard InChI is InChI=1S/C16H15IN4O4S/c1-3-26(23,24)21-14-10(17)8-9-12(15(22)18-2)13(25-16(9)20-14)11-6-4-5-7-19-11/h4-8H,3H2,1-2H3,(H,18,22)(H,20,21). The first kappa shape index (κ1) is 18.6. The van der Waals surface area contributed by atoms with Gasteiger partial charge in [0.25, 0.3) is 5.91 Å². The Hall–Kier alpha value is -2.21. The van der Waals surface area contributed by atoms with Gasteiger partial charge in [-0.2, -0.15) is 4.98 Å². The van der Waals surface area contributed by atoms with Gasteiger partial charge in [-0.1, -0.05) is 6.07 Å². The maximum Gasteiger partial charge on any atom is 0.255 e. The zero-order valence-electron chi connectivity index (χ0n) is 13.9. The molecule has 0 bridgehead atoms. The number of hydrogen-bond acceptors (Lipinski definition) is 6. The van der Waals surface area contributed by atoms with E-state index in [1.54, 1.807) is 30.5 Å². The van der Waals surface area contributed by atoms with Crippen molar-refractivity contribution in [3.8, 4) is 11.5 Å². The fourth-order valence-corrected chi connectivity index (χ4v) is 3.66. The zero-order valence-corrected chi connectivity index (χ0v) is 16.9. The molecule has 0 aliphatic rings. The number of pyridine rings is 2. The summed E-state index contributed by atoms with van der Waals surface area (Å²) in [4.78, 5) is 20.9. The first-order chi connectivity index (χ1) is 12.4. The maximum absolute atomic E-state index is 12.4. The minimum atomic E-state index is -3.49. The fraction of sp³-hybridized carbons (Fsp3) is 0.188. The number of aromatic nitrogens is 2. The van der Waals surface area contributed by atoms with Crippen LogP contribution in [0.5, 0.6) is 0 Å². The van der Waals surface area contributed by atoms with E-state index in [-0.39, 0.29) is 29.0 Å². The number of halogens is 1. The lowest BCUT2D eigenvalue weighted by molar-refractivity contribution is 0.0964. The topological polar surface area (TPSA) is 114 Å². The lowest BCUT2D eigenvalue weighted by Gasteiger charge is -2.07. The van der Waals surface area contributed by atoms with Gasteiger partial charge in [-0.3, -0.25) is 14.5 Å². The number of carbonyl (C=O) groups is 1. The van der Waals surface area contributed by atoms with Gasteiger partial charge in [0.05, 0.1) is 20.3 Å². The van der Waals surface area contributed by atoms with Gasteiger partial charge in [-0.05, 0) is 47.7 Å². The molecule has 0 radical (unpaired) electrons. The van der Waals surface area contributed by atoms with Crippen molar-refractivity contribution < 1.29 is 17.6 Å². The number of amides is 1. The zero-order chi connectivity index (χ0) is 18.9. The van der Waals surface area contributed by atoms with Gasteiger partial charge >= 0.3 is 0 Å². The van der Waals surface area contributed by atoms with Gasteiger partial charge < -0.3 is 9.73 Å². The summed E-state index contributed by atoms with van der Waals surface area (Å²) >= 11 is 1.96. The van der Waals surface area contributed by atoms with E-state index in [2.05, 4.69) is 20.0 Å². The molecule has 1 amide bonds. The number of rotatable bonds is 5. The van der Waals surface area contributed by atoms with E-state index in [0.29, 0.717) is 20.2 Å². The average molecular weight is 486 g/mol. The predicted octanol–water partition coefficient (Wildman–Crippen LogP) is 2.62. The molecule has 0 unspecified atom stereocenters. The van der Waals surface area contributed by atoms with Crippen LogP contribution < -0.4 is 10.0 Å². The molecule has 0 saturated carbocycles. The second-order valence-corrected chi connectivity index (χ2v) is 8.45. The van der Waals surface area contributed by atoms with Crippen molar-refractivity contribution in [1.82, 2.24) is 15.3 Å². The average Bonchev–Trinajstić information content (AvgIpc) is 3.00. The van der Waals surface area contributed by atoms with E-state index < -0.39 is 10.0 Å². The van der Waals surface area contributed by atoms with Gasteiger partial charge in [0.2, 0.25) is 15.7 Å². The number of nitrogens with one attached hydrogen (secondary N) is 2. The second kappa shape index (κ2) is 7.19. The van der Waals surface area contributed by atoms with Crippen LogP contribution in [0.25, 0.3) is 22.6 Å². The largest absolute Gasteiger partial charge is 0.435 e. The molecule has 2 N–H and O–H groups in total. The Morgan fingerprint density at radius 1 is 1.35 bits per heavy atom. The summed E-state index contributed by atoms with van der Waals surface area (Å²) in [5.74, 6) is 0.0104. The van der Waals surface area contributed by atoms with Crippen LogP contribution in [-0.2, 0) is 10.0 Å². The van der Waals surface area contributed by atoms with Gasteiger partial charge in [0, 0.05) is 13.2 Å². The van der Waals surface area contributed by atoms with Crippen molar-refractivity contribution in [2.45, 2.75) is 6.92 Å². The van der Waals surface area contributed by atoms with E-state index in [9.17, 15) is 13.2 Å². The highest BCUT2D eigenvalue weighted by molar-refractivity contribution is 14.1. The molecule has 3 aromatic heterocycles. The van der Waals surface area contributed by atoms with Gasteiger partial charge in [0.15, 0.2) is 11.6 Å². The van der Waals surface area contributed by atoms with E-state index in [4.69, 9.17) is 4.42 Å². The minimum absolute atomic E-state index is 0.0797. The third-order valence-corrected chi connectivity index (χ3v) is 5.71. The van der Waals surface area contributed by atoms with Crippen molar-refractivity contribution in [1.29, 1.82) is 0 Å². The summed E-state index contributed by atoms with van der Waals surface area (Å²) in [6.45, 7) is 1.53. The Labute approximate surface area is 163 Å². The molecule has 8 nitrogen and oxygen atoms in total. The second-order valence-electron chi connectivity index (χ2n) is 5.28. The van der Waals surface area contributed by atoms with Gasteiger partial charge in [0.1, 0.15) is 5.69 Å². The number of hydrogen-bond donors (Lipinski definition) is 2. The molecule has 3 rings (SSSR count). The van der Waals surface area contributed by atoms with E-state index in [0.717, 1.165) is 0 Å². The number of furan rings is 1. The van der Waals surface area contributed by atoms with Gasteiger partial charge in [-0.15, -0.1) is 0 Å². The molecule has 10 heteroatoms. The summed E-state index contributed by atoms with van der Waals surface area (Å²) in [6, 6.07) is 6.92. The lowest BCUT2D eigenvalue weighted by atomic mass is 10.1. The van der Waals surface area contributed by atoms with Crippen LogP contribution in [0.3, 0.4) is 0 Å². The van der Waals surface area contributed by atoms with Crippen LogP contribution in [0.15, 0.2) is 34.9 Å². The summed E-state index contributed by atoms with van der Waals surface area (Å²) in [5.41, 5.74) is 0.935. The Morgan fingerprint density at radius 3 is 2.73 bits per heavy atom. The number of anilines is 1. The van der Waals surface area contributed by atoms with Crippen LogP contribution in [-0.4, -0.2) is 37.1 Å². The van der Waals surface area contributed by atoms with Crippen molar-refractivity contribution >= 4 is 55.4 Å². The summed E-state index contributed by atoms with van der Waals surface area (Å²) in [6.07, 6.45) is 1.59. The molecule has 0 fully saturated rings. The third-order valence-electron chi connectivity index (χ3n) is 3.62. The number of sulfonamides is 1. The Balaban J connectivity index is 2.25.